The Balaban J connectivity index is 1.72. The molecule has 1 aromatic heterocycles. The number of hydrogen-bond donors (Lipinski definition) is 0. The van der Waals surface area contributed by atoms with E-state index in [1.54, 1.807) is 18.2 Å². The third-order valence-corrected chi connectivity index (χ3v) is 4.98. The summed E-state index contributed by atoms with van der Waals surface area (Å²) in [5, 5.41) is 9.08. The number of ketones is 1. The van der Waals surface area contributed by atoms with E-state index in [4.69, 9.17) is 5.26 Å². The molecule has 128 valence electrons. The highest BCUT2D eigenvalue weighted by Gasteiger charge is 2.11. The fraction of sp³-hybridized carbons (Fsp3) is 0.333. The minimum atomic E-state index is -0.0213. The number of anilines is 1. The zero-order valence-electron chi connectivity index (χ0n) is 14.8. The number of benzene rings is 1. The van der Waals surface area contributed by atoms with Crippen LogP contribution in [-0.2, 0) is 7.05 Å². The van der Waals surface area contributed by atoms with Crippen molar-refractivity contribution < 1.29 is 4.79 Å². The Bertz CT molecular complexity index is 831. The summed E-state index contributed by atoms with van der Waals surface area (Å²) in [7, 11) is 1.85. The van der Waals surface area contributed by atoms with Crippen LogP contribution in [0.4, 0.5) is 5.69 Å². The van der Waals surface area contributed by atoms with Crippen molar-refractivity contribution >= 4 is 17.5 Å². The van der Waals surface area contributed by atoms with Crippen LogP contribution >= 0.6 is 0 Å². The highest BCUT2D eigenvalue weighted by molar-refractivity contribution is 6.07. The predicted octanol–water partition coefficient (Wildman–Crippen LogP) is 4.09. The molecule has 0 aliphatic carbocycles. The van der Waals surface area contributed by atoms with Gasteiger partial charge in [0.15, 0.2) is 5.78 Å². The van der Waals surface area contributed by atoms with Crippen molar-refractivity contribution in [2.24, 2.45) is 7.05 Å². The number of aromatic nitrogens is 1. The van der Waals surface area contributed by atoms with Crippen LogP contribution in [0.25, 0.3) is 6.08 Å². The van der Waals surface area contributed by atoms with E-state index in [0.717, 1.165) is 24.3 Å². The summed E-state index contributed by atoms with van der Waals surface area (Å²) >= 11 is 0. The van der Waals surface area contributed by atoms with Crippen molar-refractivity contribution in [2.45, 2.75) is 26.2 Å². The normalized spacial score (nSPS) is 14.7. The second-order valence-corrected chi connectivity index (χ2v) is 6.53. The molecule has 4 heteroatoms. The van der Waals surface area contributed by atoms with E-state index < -0.39 is 0 Å². The molecule has 3 rings (SSSR count). The van der Waals surface area contributed by atoms with E-state index in [-0.39, 0.29) is 5.78 Å². The minimum Gasteiger partial charge on any atom is -0.372 e. The quantitative estimate of drug-likeness (QED) is 0.625. The lowest BCUT2D eigenvalue weighted by Crippen LogP contribution is -2.29. The number of hydrogen-bond acceptors (Lipinski definition) is 3. The average Bonchev–Trinajstić information content (AvgIpc) is 2.94. The zero-order chi connectivity index (χ0) is 17.8. The van der Waals surface area contributed by atoms with Gasteiger partial charge >= 0.3 is 0 Å². The minimum absolute atomic E-state index is 0.0213. The summed E-state index contributed by atoms with van der Waals surface area (Å²) in [4.78, 5) is 14.8. The summed E-state index contributed by atoms with van der Waals surface area (Å²) in [6.45, 7) is 4.14. The summed E-state index contributed by atoms with van der Waals surface area (Å²) in [6.07, 6.45) is 7.16. The first-order valence-electron chi connectivity index (χ1n) is 8.74. The van der Waals surface area contributed by atoms with Gasteiger partial charge < -0.3 is 9.47 Å². The van der Waals surface area contributed by atoms with Crippen LogP contribution in [0.5, 0.6) is 0 Å². The van der Waals surface area contributed by atoms with Crippen molar-refractivity contribution in [1.29, 1.82) is 5.26 Å². The number of nitriles is 1. The van der Waals surface area contributed by atoms with Crippen molar-refractivity contribution in [3.63, 3.8) is 0 Å². The summed E-state index contributed by atoms with van der Waals surface area (Å²) in [6, 6.07) is 11.8. The SMILES string of the molecule is Cc1c(/C=C/C(=O)c2ccc(N3CCCCC3)cc2)cc(C#N)n1C. The van der Waals surface area contributed by atoms with Crippen molar-refractivity contribution in [1.82, 2.24) is 4.57 Å². The van der Waals surface area contributed by atoms with Crippen molar-refractivity contribution in [3.05, 3.63) is 58.9 Å². The number of rotatable bonds is 4. The fourth-order valence-corrected chi connectivity index (χ4v) is 3.25. The van der Waals surface area contributed by atoms with Gasteiger partial charge in [-0.25, -0.2) is 0 Å². The molecule has 25 heavy (non-hydrogen) atoms. The van der Waals surface area contributed by atoms with Gasteiger partial charge in [-0.1, -0.05) is 0 Å². The maximum Gasteiger partial charge on any atom is 0.185 e. The fourth-order valence-electron chi connectivity index (χ4n) is 3.25. The highest BCUT2D eigenvalue weighted by Crippen LogP contribution is 2.21. The Hall–Kier alpha value is -2.80. The van der Waals surface area contributed by atoms with Crippen LogP contribution in [0.15, 0.2) is 36.4 Å². The highest BCUT2D eigenvalue weighted by atomic mass is 16.1. The second-order valence-electron chi connectivity index (χ2n) is 6.53. The third kappa shape index (κ3) is 3.66. The van der Waals surface area contributed by atoms with Crippen LogP contribution in [0.1, 0.15) is 46.6 Å². The number of piperidine rings is 1. The summed E-state index contributed by atoms with van der Waals surface area (Å²) in [5.41, 5.74) is 4.35. The smallest absolute Gasteiger partial charge is 0.185 e. The maximum atomic E-state index is 12.4. The van der Waals surface area contributed by atoms with E-state index in [0.29, 0.717) is 11.3 Å². The van der Waals surface area contributed by atoms with E-state index in [1.807, 2.05) is 42.8 Å². The van der Waals surface area contributed by atoms with Gasteiger partial charge in [0.1, 0.15) is 11.8 Å². The second kappa shape index (κ2) is 7.40. The Morgan fingerprint density at radius 1 is 1.16 bits per heavy atom. The molecule has 0 spiro atoms. The number of carbonyl (C=O) groups excluding carboxylic acids is 1. The van der Waals surface area contributed by atoms with Gasteiger partial charge in [0, 0.05) is 37.1 Å². The lowest BCUT2D eigenvalue weighted by molar-refractivity contribution is 0.104. The van der Waals surface area contributed by atoms with E-state index in [9.17, 15) is 4.79 Å². The Morgan fingerprint density at radius 2 is 1.84 bits per heavy atom. The van der Waals surface area contributed by atoms with Gasteiger partial charge in [-0.2, -0.15) is 5.26 Å². The molecule has 0 radical (unpaired) electrons. The first-order chi connectivity index (χ1) is 12.1. The molecule has 1 aliphatic heterocycles. The third-order valence-electron chi connectivity index (χ3n) is 4.98. The van der Waals surface area contributed by atoms with Crippen LogP contribution in [0, 0.1) is 18.3 Å². The topological polar surface area (TPSA) is 49.0 Å². The molecule has 4 nitrogen and oxygen atoms in total. The Labute approximate surface area is 149 Å². The molecule has 1 aromatic carbocycles. The molecular weight excluding hydrogens is 310 g/mol. The molecule has 1 fully saturated rings. The molecule has 0 atom stereocenters. The van der Waals surface area contributed by atoms with Gasteiger partial charge in [-0.3, -0.25) is 4.79 Å². The van der Waals surface area contributed by atoms with Crippen LogP contribution in [-0.4, -0.2) is 23.4 Å². The van der Waals surface area contributed by atoms with Crippen molar-refractivity contribution in [2.75, 3.05) is 18.0 Å². The standard InChI is InChI=1S/C21H23N3O/c1-16-18(14-20(15-22)23(16)2)8-11-21(25)17-6-9-19(10-7-17)24-12-4-3-5-13-24/h6-11,14H,3-5,12-13H2,1-2H3/b11-8+. The zero-order valence-corrected chi connectivity index (χ0v) is 14.8. The molecule has 2 heterocycles. The maximum absolute atomic E-state index is 12.4. The first-order valence-corrected chi connectivity index (χ1v) is 8.74. The first kappa shape index (κ1) is 17.0. The Kier molecular flexibility index (Phi) is 5.04. The molecule has 0 N–H and O–H groups in total. The van der Waals surface area contributed by atoms with Crippen LogP contribution in [0.3, 0.4) is 0 Å². The van der Waals surface area contributed by atoms with E-state index in [2.05, 4.69) is 11.0 Å². The predicted molar refractivity (Wildman–Crippen MR) is 101 cm³/mol. The number of allylic oxidation sites excluding steroid dienone is 1. The van der Waals surface area contributed by atoms with Gasteiger partial charge in [0.05, 0.1) is 0 Å². The molecule has 0 amide bonds. The molecule has 1 saturated heterocycles. The lowest BCUT2D eigenvalue weighted by Gasteiger charge is -2.28. The van der Waals surface area contributed by atoms with E-state index >= 15 is 0 Å². The van der Waals surface area contributed by atoms with Gasteiger partial charge in [0.2, 0.25) is 0 Å². The number of carbonyl (C=O) groups is 1. The largest absolute Gasteiger partial charge is 0.372 e. The molecule has 2 aromatic rings. The van der Waals surface area contributed by atoms with Gasteiger partial charge in [0.25, 0.3) is 0 Å². The molecule has 0 saturated carbocycles. The molecule has 0 bridgehead atoms. The van der Waals surface area contributed by atoms with Crippen LogP contribution < -0.4 is 4.90 Å². The number of nitrogens with zero attached hydrogens (tertiary/aromatic N) is 3. The average molecular weight is 333 g/mol. The molecule has 1 aliphatic rings. The summed E-state index contributed by atoms with van der Waals surface area (Å²) in [5.74, 6) is -0.0213. The molecular formula is C21H23N3O. The van der Waals surface area contributed by atoms with Crippen molar-refractivity contribution in [3.8, 4) is 6.07 Å². The lowest BCUT2D eigenvalue weighted by atomic mass is 10.1. The summed E-state index contributed by atoms with van der Waals surface area (Å²) < 4.78 is 1.83. The Morgan fingerprint density at radius 3 is 2.44 bits per heavy atom. The van der Waals surface area contributed by atoms with E-state index in [1.165, 1.54) is 24.9 Å². The molecule has 0 unspecified atom stereocenters. The monoisotopic (exact) mass is 333 g/mol. The van der Waals surface area contributed by atoms with Gasteiger partial charge in [-0.05, 0) is 74.2 Å². The van der Waals surface area contributed by atoms with Crippen LogP contribution in [0.2, 0.25) is 0 Å². The van der Waals surface area contributed by atoms with Gasteiger partial charge in [-0.15, -0.1) is 0 Å².